The highest BCUT2D eigenvalue weighted by Crippen LogP contribution is 2.33. The molecular formula is C23H28N4O. The smallest absolute Gasteiger partial charge is 0.220 e. The van der Waals surface area contributed by atoms with Crippen molar-refractivity contribution in [3.05, 3.63) is 65.1 Å². The van der Waals surface area contributed by atoms with Crippen LogP contribution in [-0.4, -0.2) is 41.0 Å². The van der Waals surface area contributed by atoms with Gasteiger partial charge < -0.3 is 14.8 Å². The van der Waals surface area contributed by atoms with Gasteiger partial charge in [0.05, 0.1) is 0 Å². The SMILES string of the molecule is CNC(=O)CC(Cn1c2c(c3cc(C)ccc31)CCN(C)C2)c1cccnc1. The number of fused-ring (bicyclic) bond motifs is 3. The summed E-state index contributed by atoms with van der Waals surface area (Å²) in [5, 5.41) is 4.15. The van der Waals surface area contributed by atoms with Crippen LogP contribution in [0.25, 0.3) is 10.9 Å². The molecule has 1 amide bonds. The molecule has 1 N–H and O–H groups in total. The van der Waals surface area contributed by atoms with Crippen LogP contribution in [0.1, 0.15) is 34.7 Å². The number of hydrogen-bond acceptors (Lipinski definition) is 3. The number of aromatic nitrogens is 2. The zero-order valence-electron chi connectivity index (χ0n) is 16.9. The molecule has 0 radical (unpaired) electrons. The summed E-state index contributed by atoms with van der Waals surface area (Å²) in [7, 11) is 3.88. The second kappa shape index (κ2) is 7.76. The predicted octanol–water partition coefficient (Wildman–Crippen LogP) is 3.25. The maximum absolute atomic E-state index is 12.2. The summed E-state index contributed by atoms with van der Waals surface area (Å²) in [5.74, 6) is 0.147. The molecule has 0 aliphatic carbocycles. The van der Waals surface area contributed by atoms with Crippen LogP contribution in [0.5, 0.6) is 0 Å². The van der Waals surface area contributed by atoms with Crippen LogP contribution in [0.3, 0.4) is 0 Å². The average molecular weight is 377 g/mol. The minimum Gasteiger partial charge on any atom is -0.359 e. The van der Waals surface area contributed by atoms with E-state index in [0.717, 1.165) is 31.6 Å². The van der Waals surface area contributed by atoms with E-state index in [0.29, 0.717) is 6.42 Å². The zero-order valence-corrected chi connectivity index (χ0v) is 16.9. The monoisotopic (exact) mass is 376 g/mol. The second-order valence-electron chi connectivity index (χ2n) is 7.90. The fourth-order valence-corrected chi connectivity index (χ4v) is 4.35. The first-order valence-corrected chi connectivity index (χ1v) is 9.96. The van der Waals surface area contributed by atoms with Crippen molar-refractivity contribution < 1.29 is 4.79 Å². The van der Waals surface area contributed by atoms with Gasteiger partial charge in [0.1, 0.15) is 0 Å². The average Bonchev–Trinajstić information content (AvgIpc) is 3.00. The van der Waals surface area contributed by atoms with E-state index >= 15 is 0 Å². The lowest BCUT2D eigenvalue weighted by atomic mass is 9.96. The molecule has 0 saturated heterocycles. The van der Waals surface area contributed by atoms with Crippen LogP contribution in [0.2, 0.25) is 0 Å². The van der Waals surface area contributed by atoms with Gasteiger partial charge in [0, 0.05) is 68.0 Å². The molecule has 4 rings (SSSR count). The maximum atomic E-state index is 12.2. The quantitative estimate of drug-likeness (QED) is 0.744. The Morgan fingerprint density at radius 3 is 2.93 bits per heavy atom. The number of nitrogens with one attached hydrogen (secondary N) is 1. The molecule has 0 saturated carbocycles. The minimum atomic E-state index is 0.0622. The first kappa shape index (κ1) is 18.7. The fraction of sp³-hybridized carbons (Fsp3) is 0.391. The van der Waals surface area contributed by atoms with E-state index in [-0.39, 0.29) is 11.8 Å². The molecular weight excluding hydrogens is 348 g/mol. The minimum absolute atomic E-state index is 0.0622. The largest absolute Gasteiger partial charge is 0.359 e. The van der Waals surface area contributed by atoms with Crippen molar-refractivity contribution in [2.45, 2.75) is 38.8 Å². The molecule has 1 unspecified atom stereocenters. The molecule has 28 heavy (non-hydrogen) atoms. The number of carbonyl (C=O) groups is 1. The van der Waals surface area contributed by atoms with Crippen molar-refractivity contribution in [2.75, 3.05) is 20.6 Å². The molecule has 0 spiro atoms. The highest BCUT2D eigenvalue weighted by molar-refractivity contribution is 5.86. The topological polar surface area (TPSA) is 50.2 Å². The summed E-state index contributed by atoms with van der Waals surface area (Å²) in [5.41, 5.74) is 6.54. The molecule has 5 nitrogen and oxygen atoms in total. The Labute approximate surface area is 166 Å². The molecule has 0 fully saturated rings. The number of amides is 1. The van der Waals surface area contributed by atoms with E-state index < -0.39 is 0 Å². The summed E-state index contributed by atoms with van der Waals surface area (Å²) in [6.45, 7) is 4.97. The molecule has 1 aromatic carbocycles. The second-order valence-corrected chi connectivity index (χ2v) is 7.90. The third-order valence-electron chi connectivity index (χ3n) is 5.87. The van der Waals surface area contributed by atoms with Gasteiger partial charge in [-0.25, -0.2) is 0 Å². The Kier molecular flexibility index (Phi) is 5.18. The molecule has 2 aromatic heterocycles. The van der Waals surface area contributed by atoms with Gasteiger partial charge in [0.15, 0.2) is 0 Å². The van der Waals surface area contributed by atoms with Crippen LogP contribution in [0.15, 0.2) is 42.7 Å². The van der Waals surface area contributed by atoms with Crippen molar-refractivity contribution in [2.24, 2.45) is 0 Å². The van der Waals surface area contributed by atoms with Gasteiger partial charge in [-0.2, -0.15) is 0 Å². The van der Waals surface area contributed by atoms with Crippen molar-refractivity contribution in [3.63, 3.8) is 0 Å². The summed E-state index contributed by atoms with van der Waals surface area (Å²) in [6, 6.07) is 10.8. The van der Waals surface area contributed by atoms with Crippen LogP contribution in [-0.2, 0) is 24.3 Å². The highest BCUT2D eigenvalue weighted by atomic mass is 16.1. The predicted molar refractivity (Wildman–Crippen MR) is 112 cm³/mol. The summed E-state index contributed by atoms with van der Waals surface area (Å²) < 4.78 is 2.44. The molecule has 3 heterocycles. The Balaban J connectivity index is 1.80. The van der Waals surface area contributed by atoms with E-state index in [4.69, 9.17) is 0 Å². The van der Waals surface area contributed by atoms with Crippen LogP contribution in [0.4, 0.5) is 0 Å². The van der Waals surface area contributed by atoms with Crippen molar-refractivity contribution in [1.29, 1.82) is 0 Å². The number of pyridine rings is 1. The standard InChI is InChI=1S/C23H28N4O/c1-16-6-7-21-20(11-16)19-8-10-26(3)15-22(19)27(21)14-18(12-23(28)24-2)17-5-4-9-25-13-17/h4-7,9,11,13,18H,8,10,12,14-15H2,1-3H3,(H,24,28). The Morgan fingerprint density at radius 1 is 1.32 bits per heavy atom. The Hall–Kier alpha value is -2.66. The normalized spacial score (nSPS) is 15.4. The molecule has 3 aromatic rings. The summed E-state index contributed by atoms with van der Waals surface area (Å²) >= 11 is 0. The fourth-order valence-electron chi connectivity index (χ4n) is 4.35. The van der Waals surface area contributed by atoms with Crippen LogP contribution < -0.4 is 5.32 Å². The lowest BCUT2D eigenvalue weighted by Gasteiger charge is -2.26. The molecule has 146 valence electrons. The maximum Gasteiger partial charge on any atom is 0.220 e. The van der Waals surface area contributed by atoms with Gasteiger partial charge in [-0.05, 0) is 49.7 Å². The van der Waals surface area contributed by atoms with Gasteiger partial charge in [-0.3, -0.25) is 9.78 Å². The molecule has 5 heteroatoms. The number of hydrogen-bond donors (Lipinski definition) is 1. The summed E-state index contributed by atoms with van der Waals surface area (Å²) in [4.78, 5) is 18.9. The first-order valence-electron chi connectivity index (χ1n) is 9.96. The summed E-state index contributed by atoms with van der Waals surface area (Å²) in [6.07, 6.45) is 5.21. The Morgan fingerprint density at radius 2 is 2.18 bits per heavy atom. The van der Waals surface area contributed by atoms with Crippen molar-refractivity contribution in [3.8, 4) is 0 Å². The van der Waals surface area contributed by atoms with Gasteiger partial charge in [-0.15, -0.1) is 0 Å². The van der Waals surface area contributed by atoms with Crippen molar-refractivity contribution in [1.82, 2.24) is 19.8 Å². The number of rotatable bonds is 5. The van der Waals surface area contributed by atoms with Crippen LogP contribution >= 0.6 is 0 Å². The van der Waals surface area contributed by atoms with E-state index in [2.05, 4.69) is 58.0 Å². The third kappa shape index (κ3) is 3.54. The van der Waals surface area contributed by atoms with Crippen molar-refractivity contribution >= 4 is 16.8 Å². The first-order chi connectivity index (χ1) is 13.6. The molecule has 1 atom stereocenters. The van der Waals surface area contributed by atoms with E-state index in [1.54, 1.807) is 13.2 Å². The lowest BCUT2D eigenvalue weighted by Crippen LogP contribution is -2.29. The van der Waals surface area contributed by atoms with Gasteiger partial charge in [0.2, 0.25) is 5.91 Å². The van der Waals surface area contributed by atoms with Gasteiger partial charge in [0.25, 0.3) is 0 Å². The van der Waals surface area contributed by atoms with E-state index in [9.17, 15) is 4.79 Å². The molecule has 0 bridgehead atoms. The number of nitrogens with zero attached hydrogens (tertiary/aromatic N) is 3. The Bertz CT molecular complexity index is 993. The molecule has 1 aliphatic rings. The van der Waals surface area contributed by atoms with Gasteiger partial charge >= 0.3 is 0 Å². The number of carbonyl (C=O) groups excluding carboxylic acids is 1. The lowest BCUT2D eigenvalue weighted by molar-refractivity contribution is -0.121. The number of aryl methyl sites for hydroxylation is 1. The number of likely N-dealkylation sites (N-methyl/N-ethyl adjacent to an activating group) is 1. The van der Waals surface area contributed by atoms with Gasteiger partial charge in [-0.1, -0.05) is 17.7 Å². The highest BCUT2D eigenvalue weighted by Gasteiger charge is 2.25. The van der Waals surface area contributed by atoms with E-state index in [1.807, 2.05) is 12.3 Å². The van der Waals surface area contributed by atoms with Crippen LogP contribution in [0, 0.1) is 6.92 Å². The van der Waals surface area contributed by atoms with E-state index in [1.165, 1.54) is 27.7 Å². The zero-order chi connectivity index (χ0) is 19.7. The number of benzene rings is 1. The molecule has 1 aliphatic heterocycles. The third-order valence-corrected chi connectivity index (χ3v) is 5.87.